The lowest BCUT2D eigenvalue weighted by molar-refractivity contribution is 0.415. The Kier molecular flexibility index (Phi) is 3.06. The van der Waals surface area contributed by atoms with Crippen LogP contribution in [0.3, 0.4) is 0 Å². The van der Waals surface area contributed by atoms with Crippen LogP contribution < -0.4 is 15.4 Å². The number of benzene rings is 2. The number of para-hydroxylation sites is 1. The molecular weight excluding hydrogens is 238 g/mol. The van der Waals surface area contributed by atoms with E-state index in [2.05, 4.69) is 27.8 Å². The lowest BCUT2D eigenvalue weighted by atomic mass is 10.1. The maximum absolute atomic E-state index is 5.13. The van der Waals surface area contributed by atoms with Gasteiger partial charge in [-0.15, -0.1) is 0 Å². The molecule has 2 aromatic rings. The Labute approximate surface area is 112 Å². The molecule has 0 saturated carbocycles. The van der Waals surface area contributed by atoms with Crippen LogP contribution in [0.1, 0.15) is 5.56 Å². The maximum atomic E-state index is 5.13. The number of guanidine groups is 1. The molecule has 0 aromatic heterocycles. The Balaban J connectivity index is 1.73. The summed E-state index contributed by atoms with van der Waals surface area (Å²) >= 11 is 0. The fourth-order valence-corrected chi connectivity index (χ4v) is 1.99. The third-order valence-corrected chi connectivity index (χ3v) is 3.03. The molecule has 0 spiro atoms. The number of anilines is 2. The van der Waals surface area contributed by atoms with E-state index in [4.69, 9.17) is 4.74 Å². The fraction of sp³-hybridized carbons (Fsp3) is 0.133. The van der Waals surface area contributed by atoms with Gasteiger partial charge in [0, 0.05) is 11.4 Å². The van der Waals surface area contributed by atoms with E-state index in [0.29, 0.717) is 6.54 Å². The van der Waals surface area contributed by atoms with Crippen molar-refractivity contribution >= 4 is 17.3 Å². The van der Waals surface area contributed by atoms with E-state index in [9.17, 15) is 0 Å². The van der Waals surface area contributed by atoms with Crippen LogP contribution in [0.2, 0.25) is 0 Å². The summed E-state index contributed by atoms with van der Waals surface area (Å²) in [6.45, 7) is 0.696. The van der Waals surface area contributed by atoms with Gasteiger partial charge in [0.2, 0.25) is 5.96 Å². The van der Waals surface area contributed by atoms with Crippen LogP contribution in [0.25, 0.3) is 0 Å². The van der Waals surface area contributed by atoms with Crippen molar-refractivity contribution in [3.63, 3.8) is 0 Å². The Morgan fingerprint density at radius 3 is 2.68 bits per heavy atom. The zero-order chi connectivity index (χ0) is 13.1. The summed E-state index contributed by atoms with van der Waals surface area (Å²) in [4.78, 5) is 4.47. The number of fused-ring (bicyclic) bond motifs is 1. The minimum absolute atomic E-state index is 0.696. The molecule has 1 heterocycles. The molecule has 3 rings (SSSR count). The van der Waals surface area contributed by atoms with Gasteiger partial charge in [0.15, 0.2) is 0 Å². The van der Waals surface area contributed by atoms with E-state index in [1.165, 1.54) is 5.56 Å². The molecule has 2 N–H and O–H groups in total. The van der Waals surface area contributed by atoms with Gasteiger partial charge >= 0.3 is 0 Å². The summed E-state index contributed by atoms with van der Waals surface area (Å²) in [5, 5.41) is 6.54. The smallest absolute Gasteiger partial charge is 0.200 e. The molecule has 0 atom stereocenters. The van der Waals surface area contributed by atoms with Gasteiger partial charge in [-0.05, 0) is 35.9 Å². The number of nitrogens with zero attached hydrogens (tertiary/aromatic N) is 1. The molecule has 19 heavy (non-hydrogen) atoms. The van der Waals surface area contributed by atoms with Crippen LogP contribution in [-0.2, 0) is 6.54 Å². The van der Waals surface area contributed by atoms with Gasteiger partial charge in [-0.2, -0.15) is 0 Å². The average molecular weight is 253 g/mol. The molecule has 1 aliphatic rings. The van der Waals surface area contributed by atoms with Crippen LogP contribution in [0.5, 0.6) is 5.75 Å². The number of rotatable bonds is 2. The maximum Gasteiger partial charge on any atom is 0.200 e. The van der Waals surface area contributed by atoms with E-state index in [0.717, 1.165) is 23.1 Å². The van der Waals surface area contributed by atoms with Crippen molar-refractivity contribution in [1.29, 1.82) is 0 Å². The first-order valence-electron chi connectivity index (χ1n) is 6.15. The zero-order valence-corrected chi connectivity index (χ0v) is 10.7. The normalized spacial score (nSPS) is 13.0. The number of methoxy groups -OCH3 is 1. The fourth-order valence-electron chi connectivity index (χ4n) is 1.99. The lowest BCUT2D eigenvalue weighted by Crippen LogP contribution is -2.25. The summed E-state index contributed by atoms with van der Waals surface area (Å²) in [5.41, 5.74) is 3.29. The van der Waals surface area contributed by atoms with Crippen molar-refractivity contribution in [3.8, 4) is 5.75 Å². The second-order valence-electron chi connectivity index (χ2n) is 4.30. The quantitative estimate of drug-likeness (QED) is 0.864. The molecule has 0 aliphatic carbocycles. The topological polar surface area (TPSA) is 45.6 Å². The highest BCUT2D eigenvalue weighted by Crippen LogP contribution is 2.21. The third-order valence-electron chi connectivity index (χ3n) is 3.03. The van der Waals surface area contributed by atoms with Crippen molar-refractivity contribution in [3.05, 3.63) is 54.1 Å². The van der Waals surface area contributed by atoms with Gasteiger partial charge in [-0.3, -0.25) is 0 Å². The molecule has 4 heteroatoms. The monoisotopic (exact) mass is 253 g/mol. The van der Waals surface area contributed by atoms with Crippen molar-refractivity contribution in [2.45, 2.75) is 6.54 Å². The summed E-state index contributed by atoms with van der Waals surface area (Å²) in [5.74, 6) is 1.61. The zero-order valence-electron chi connectivity index (χ0n) is 10.7. The van der Waals surface area contributed by atoms with Crippen molar-refractivity contribution in [2.24, 2.45) is 4.99 Å². The number of aliphatic imine (C=N–C) groups is 1. The SMILES string of the molecule is COc1ccc(NC2=NCc3ccccc3N2)cc1. The second-order valence-corrected chi connectivity index (χ2v) is 4.30. The van der Waals surface area contributed by atoms with Crippen LogP contribution in [0.15, 0.2) is 53.5 Å². The highest BCUT2D eigenvalue weighted by atomic mass is 16.5. The molecule has 0 unspecified atom stereocenters. The van der Waals surface area contributed by atoms with Crippen LogP contribution in [0, 0.1) is 0 Å². The first-order chi connectivity index (χ1) is 9.35. The second kappa shape index (κ2) is 5.02. The first kappa shape index (κ1) is 11.6. The standard InChI is InChI=1S/C15H15N3O/c1-19-13-8-6-12(7-9-13)17-15-16-10-11-4-2-3-5-14(11)18-15/h2-9H,10H2,1H3,(H2,16,17,18). The minimum Gasteiger partial charge on any atom is -0.497 e. The summed E-state index contributed by atoms with van der Waals surface area (Å²) in [6, 6.07) is 15.9. The predicted octanol–water partition coefficient (Wildman–Crippen LogP) is 3.09. The number of nitrogens with one attached hydrogen (secondary N) is 2. The summed E-state index contributed by atoms with van der Waals surface area (Å²) in [7, 11) is 1.66. The van der Waals surface area contributed by atoms with E-state index in [-0.39, 0.29) is 0 Å². The third kappa shape index (κ3) is 2.52. The molecule has 0 amide bonds. The van der Waals surface area contributed by atoms with E-state index < -0.39 is 0 Å². The number of hydrogen-bond donors (Lipinski definition) is 2. The van der Waals surface area contributed by atoms with Crippen LogP contribution >= 0.6 is 0 Å². The molecule has 0 saturated heterocycles. The summed E-state index contributed by atoms with van der Waals surface area (Å²) in [6.07, 6.45) is 0. The number of ether oxygens (including phenoxy) is 1. The van der Waals surface area contributed by atoms with Crippen molar-refractivity contribution < 1.29 is 4.74 Å². The Bertz CT molecular complexity index is 605. The molecule has 0 bridgehead atoms. The van der Waals surface area contributed by atoms with Crippen LogP contribution in [-0.4, -0.2) is 13.1 Å². The number of hydrogen-bond acceptors (Lipinski definition) is 4. The van der Waals surface area contributed by atoms with Gasteiger partial charge < -0.3 is 15.4 Å². The van der Waals surface area contributed by atoms with Gasteiger partial charge in [0.05, 0.1) is 13.7 Å². The Morgan fingerprint density at radius 1 is 1.11 bits per heavy atom. The molecule has 96 valence electrons. The van der Waals surface area contributed by atoms with Crippen LogP contribution in [0.4, 0.5) is 11.4 Å². The van der Waals surface area contributed by atoms with Crippen molar-refractivity contribution in [1.82, 2.24) is 0 Å². The van der Waals surface area contributed by atoms with Gasteiger partial charge in [0.1, 0.15) is 5.75 Å². The Morgan fingerprint density at radius 2 is 1.89 bits per heavy atom. The largest absolute Gasteiger partial charge is 0.497 e. The first-order valence-corrected chi connectivity index (χ1v) is 6.15. The highest BCUT2D eigenvalue weighted by Gasteiger charge is 2.10. The highest BCUT2D eigenvalue weighted by molar-refractivity contribution is 6.05. The van der Waals surface area contributed by atoms with E-state index in [1.54, 1.807) is 7.11 Å². The van der Waals surface area contributed by atoms with Crippen molar-refractivity contribution in [2.75, 3.05) is 17.7 Å². The molecular formula is C15H15N3O. The molecule has 2 aromatic carbocycles. The molecule has 1 aliphatic heterocycles. The Hall–Kier alpha value is -2.49. The summed E-state index contributed by atoms with van der Waals surface area (Å²) < 4.78 is 5.13. The predicted molar refractivity (Wildman–Crippen MR) is 77.8 cm³/mol. The minimum atomic E-state index is 0.696. The molecule has 4 nitrogen and oxygen atoms in total. The van der Waals surface area contributed by atoms with E-state index in [1.807, 2.05) is 36.4 Å². The van der Waals surface area contributed by atoms with E-state index >= 15 is 0 Å². The lowest BCUT2D eigenvalue weighted by Gasteiger charge is -2.19. The van der Waals surface area contributed by atoms with Gasteiger partial charge in [-0.25, -0.2) is 4.99 Å². The molecule has 0 fully saturated rings. The molecule has 0 radical (unpaired) electrons. The van der Waals surface area contributed by atoms with Gasteiger partial charge in [-0.1, -0.05) is 18.2 Å². The average Bonchev–Trinajstić information content (AvgIpc) is 2.48. The van der Waals surface area contributed by atoms with Gasteiger partial charge in [0.25, 0.3) is 0 Å².